The third-order valence-electron chi connectivity index (χ3n) is 0. The summed E-state index contributed by atoms with van der Waals surface area (Å²) < 4.78 is 31.6. The van der Waals surface area contributed by atoms with Crippen LogP contribution in [0.5, 0.6) is 0 Å². The molecule has 0 rings (SSSR count). The van der Waals surface area contributed by atoms with Crippen molar-refractivity contribution in [2.24, 2.45) is 0 Å². The van der Waals surface area contributed by atoms with E-state index in [1.807, 2.05) is 0 Å². The minimum atomic E-state index is -4.67. The summed E-state index contributed by atoms with van der Waals surface area (Å²) in [6.45, 7) is 0. The third-order valence-corrected chi connectivity index (χ3v) is 0. The Kier molecular flexibility index (Phi) is 22.4. The van der Waals surface area contributed by atoms with Crippen LogP contribution in [0.15, 0.2) is 0 Å². The maximum absolute atomic E-state index is 8.74. The first-order chi connectivity index (χ1) is 2.00. The molecule has 0 atom stereocenters. The van der Waals surface area contributed by atoms with Gasteiger partial charge in [-0.1, -0.05) is 0 Å². The minimum absolute atomic E-state index is 0. The van der Waals surface area contributed by atoms with Crippen molar-refractivity contribution in [1.29, 1.82) is 0 Å². The molecule has 0 aliphatic rings. The van der Waals surface area contributed by atoms with Crippen molar-refractivity contribution in [1.82, 2.24) is 6.15 Å². The average Bonchev–Trinajstić information content (AvgIpc) is 0.722. The zero-order valence-corrected chi connectivity index (χ0v) is 6.11. The van der Waals surface area contributed by atoms with Gasteiger partial charge in [-0.3, -0.25) is 9.11 Å². The Balaban J connectivity index is -0.0000000267. The van der Waals surface area contributed by atoms with Crippen molar-refractivity contribution in [3.63, 3.8) is 0 Å². The number of halogens is 1. The molecule has 0 spiro atoms. The van der Waals surface area contributed by atoms with Crippen LogP contribution in [0.3, 0.4) is 0 Å². The second-order valence-corrected chi connectivity index (χ2v) is 1.34. The van der Waals surface area contributed by atoms with Gasteiger partial charge in [0.2, 0.25) is 0 Å². The summed E-state index contributed by atoms with van der Waals surface area (Å²) in [6, 6.07) is 0. The van der Waals surface area contributed by atoms with Crippen molar-refractivity contribution in [3.8, 4) is 0 Å². The van der Waals surface area contributed by atoms with Crippen LogP contribution in [-0.4, -0.2) is 17.5 Å². The van der Waals surface area contributed by atoms with Crippen LogP contribution in [0, 0.1) is 0 Å². The summed E-state index contributed by atoms with van der Waals surface area (Å²) in [5.41, 5.74) is 0. The Labute approximate surface area is 63.9 Å². The van der Waals surface area contributed by atoms with Gasteiger partial charge in [0.15, 0.2) is 0 Å². The van der Waals surface area contributed by atoms with Gasteiger partial charge in [-0.25, -0.2) is 0 Å². The maximum Gasteiger partial charge on any atom is 0.394 e. The molecule has 1 radical (unpaired) electrons. The van der Waals surface area contributed by atoms with Crippen molar-refractivity contribution >= 4 is 22.8 Å². The quantitative estimate of drug-likeness (QED) is 0.387. The van der Waals surface area contributed by atoms with E-state index in [4.69, 9.17) is 17.5 Å². The molecule has 0 heterocycles. The summed E-state index contributed by atoms with van der Waals surface area (Å²) in [6.07, 6.45) is 0. The van der Waals surface area contributed by atoms with E-state index in [2.05, 4.69) is 0 Å². The number of rotatable bonds is 0. The van der Waals surface area contributed by atoms with Gasteiger partial charge in [-0.2, -0.15) is 8.42 Å². The zero-order valence-electron chi connectivity index (χ0n) is 3.54. The molecule has 0 aromatic heterocycles. The predicted octanol–water partition coefficient (Wildman–Crippen LogP) is -0.0715. The summed E-state index contributed by atoms with van der Waals surface area (Å²) in [5, 5.41) is 0. The maximum atomic E-state index is 8.74. The molecular formula is H6ClCuNO4S. The first-order valence-corrected chi connectivity index (χ1v) is 2.10. The van der Waals surface area contributed by atoms with Gasteiger partial charge in [0.05, 0.1) is 0 Å². The molecule has 0 bridgehead atoms. The van der Waals surface area contributed by atoms with Gasteiger partial charge in [-0.05, 0) is 0 Å². The number of hydrogen-bond acceptors (Lipinski definition) is 3. The Morgan fingerprint density at radius 2 is 1.12 bits per heavy atom. The molecule has 5 N–H and O–H groups in total. The SMILES string of the molecule is Cl.N.O=S(=O)(O)O.[Cu]. The van der Waals surface area contributed by atoms with E-state index in [1.54, 1.807) is 0 Å². The smallest absolute Gasteiger partial charge is 0.344 e. The van der Waals surface area contributed by atoms with Crippen molar-refractivity contribution in [2.75, 3.05) is 0 Å². The van der Waals surface area contributed by atoms with E-state index in [0.29, 0.717) is 0 Å². The first-order valence-electron chi connectivity index (χ1n) is 0.698. The van der Waals surface area contributed by atoms with E-state index >= 15 is 0 Å². The van der Waals surface area contributed by atoms with Gasteiger partial charge >= 0.3 is 10.4 Å². The third kappa shape index (κ3) is 516. The van der Waals surface area contributed by atoms with Gasteiger partial charge in [0, 0.05) is 17.1 Å². The molecule has 0 aliphatic heterocycles. The predicted molar refractivity (Wildman–Crippen MR) is 26.4 cm³/mol. The van der Waals surface area contributed by atoms with Crippen LogP contribution in [0.1, 0.15) is 0 Å². The molecule has 0 aromatic rings. The molecule has 5 nitrogen and oxygen atoms in total. The topological polar surface area (TPSA) is 110 Å². The van der Waals surface area contributed by atoms with Crippen molar-refractivity contribution in [2.45, 2.75) is 0 Å². The van der Waals surface area contributed by atoms with E-state index in [1.165, 1.54) is 0 Å². The normalized spacial score (nSPS) is 7.25. The fourth-order valence-corrected chi connectivity index (χ4v) is 0. The molecule has 8 heavy (non-hydrogen) atoms. The van der Waals surface area contributed by atoms with Crippen molar-refractivity contribution in [3.05, 3.63) is 0 Å². The van der Waals surface area contributed by atoms with Crippen molar-refractivity contribution < 1.29 is 34.6 Å². The standard InChI is InChI=1S/ClH.Cu.H3N.H2O4S/c;;;1-5(2,3)4/h1H;;1H3;(H2,1,2,3,4). The number of hydrogen-bond donors (Lipinski definition) is 3. The average molecular weight is 215 g/mol. The van der Waals surface area contributed by atoms with Gasteiger partial charge in [0.25, 0.3) is 0 Å². The Morgan fingerprint density at radius 3 is 1.12 bits per heavy atom. The monoisotopic (exact) mass is 214 g/mol. The van der Waals surface area contributed by atoms with Crippen LogP contribution in [0.2, 0.25) is 0 Å². The van der Waals surface area contributed by atoms with Crippen LogP contribution in [0.4, 0.5) is 0 Å². The molecular weight excluding hydrogens is 209 g/mol. The fraction of sp³-hybridized carbons (Fsp3) is 0. The second-order valence-electron chi connectivity index (χ2n) is 0.448. The van der Waals surface area contributed by atoms with Crippen LogP contribution >= 0.6 is 12.4 Å². The first kappa shape index (κ1) is 23.4. The Morgan fingerprint density at radius 1 is 1.12 bits per heavy atom. The Hall–Kier alpha value is 0.639. The van der Waals surface area contributed by atoms with E-state index < -0.39 is 10.4 Å². The van der Waals surface area contributed by atoms with E-state index in [-0.39, 0.29) is 35.6 Å². The van der Waals surface area contributed by atoms with Crippen LogP contribution in [-0.2, 0) is 27.5 Å². The fourth-order valence-electron chi connectivity index (χ4n) is 0. The summed E-state index contributed by atoms with van der Waals surface area (Å²) in [5.74, 6) is 0. The molecule has 0 saturated heterocycles. The van der Waals surface area contributed by atoms with Gasteiger partial charge < -0.3 is 6.15 Å². The van der Waals surface area contributed by atoms with Gasteiger partial charge in [0.1, 0.15) is 0 Å². The molecule has 0 aliphatic carbocycles. The second kappa shape index (κ2) is 7.64. The molecule has 0 fully saturated rings. The summed E-state index contributed by atoms with van der Waals surface area (Å²) in [7, 11) is -4.67. The molecule has 0 aromatic carbocycles. The molecule has 0 amide bonds. The van der Waals surface area contributed by atoms with E-state index in [9.17, 15) is 0 Å². The molecule has 8 heteroatoms. The minimum Gasteiger partial charge on any atom is -0.344 e. The van der Waals surface area contributed by atoms with Crippen LogP contribution < -0.4 is 6.15 Å². The summed E-state index contributed by atoms with van der Waals surface area (Å²) >= 11 is 0. The zero-order chi connectivity index (χ0) is 4.50. The van der Waals surface area contributed by atoms with E-state index in [0.717, 1.165) is 0 Å². The van der Waals surface area contributed by atoms with Gasteiger partial charge in [-0.15, -0.1) is 12.4 Å². The molecule has 0 saturated carbocycles. The molecule has 59 valence electrons. The Bertz CT molecular complexity index is 99.2. The van der Waals surface area contributed by atoms with Crippen LogP contribution in [0.25, 0.3) is 0 Å². The summed E-state index contributed by atoms with van der Waals surface area (Å²) in [4.78, 5) is 0. The largest absolute Gasteiger partial charge is 0.394 e. The molecule has 0 unspecified atom stereocenters.